The molecular formula is C25H29N2O4P. The van der Waals surface area contributed by atoms with Crippen LogP contribution in [0.25, 0.3) is 0 Å². The van der Waals surface area contributed by atoms with E-state index >= 15 is 0 Å². The number of carbonyl (C=O) groups is 1. The van der Waals surface area contributed by atoms with Crippen LogP contribution in [0.4, 0.5) is 0 Å². The largest absolute Gasteiger partial charge is 0.450 e. The van der Waals surface area contributed by atoms with Gasteiger partial charge in [0.25, 0.3) is 0 Å². The molecular weight excluding hydrogens is 423 g/mol. The molecule has 3 rings (SSSR count). The number of rotatable bonds is 11. The highest BCUT2D eigenvalue weighted by Gasteiger charge is 2.35. The Kier molecular flexibility index (Phi) is 8.48. The van der Waals surface area contributed by atoms with Gasteiger partial charge in [-0.3, -0.25) is 4.79 Å². The minimum absolute atomic E-state index is 0.177. The number of nitrogens with one attached hydrogen (secondary N) is 1. The predicted octanol–water partition coefficient (Wildman–Crippen LogP) is 5.32. The molecule has 0 aliphatic heterocycles. The Labute approximate surface area is 189 Å². The molecule has 1 N–H and O–H groups in total. The van der Waals surface area contributed by atoms with E-state index in [0.717, 1.165) is 5.56 Å². The summed E-state index contributed by atoms with van der Waals surface area (Å²) >= 11 is 0. The van der Waals surface area contributed by atoms with Gasteiger partial charge in [0.15, 0.2) is 0 Å². The fourth-order valence-corrected chi connectivity index (χ4v) is 4.93. The van der Waals surface area contributed by atoms with Crippen molar-refractivity contribution in [2.75, 3.05) is 12.8 Å². The molecule has 0 aliphatic rings. The van der Waals surface area contributed by atoms with Gasteiger partial charge < -0.3 is 19.3 Å². The van der Waals surface area contributed by atoms with Crippen molar-refractivity contribution >= 4 is 13.5 Å². The molecule has 0 aromatic heterocycles. The Morgan fingerprint density at radius 1 is 0.875 bits per heavy atom. The van der Waals surface area contributed by atoms with Gasteiger partial charge in [0, 0.05) is 6.54 Å². The topological polar surface area (TPSA) is 67.9 Å². The van der Waals surface area contributed by atoms with E-state index in [1.54, 1.807) is 55.5 Å². The van der Waals surface area contributed by atoms with Crippen LogP contribution < -0.4 is 14.4 Å². The van der Waals surface area contributed by atoms with E-state index in [2.05, 4.69) is 5.32 Å². The van der Waals surface area contributed by atoms with Crippen LogP contribution in [-0.2, 0) is 15.9 Å². The minimum Gasteiger partial charge on any atom is -0.415 e. The smallest absolute Gasteiger partial charge is 0.415 e. The van der Waals surface area contributed by atoms with Crippen LogP contribution in [0.15, 0.2) is 91.0 Å². The van der Waals surface area contributed by atoms with Gasteiger partial charge in [-0.25, -0.2) is 4.57 Å². The third-order valence-electron chi connectivity index (χ3n) is 4.73. The van der Waals surface area contributed by atoms with Gasteiger partial charge in [0.1, 0.15) is 17.8 Å². The van der Waals surface area contributed by atoms with E-state index in [0.29, 0.717) is 18.0 Å². The lowest BCUT2D eigenvalue weighted by Gasteiger charge is -2.30. The molecule has 7 heteroatoms. The molecule has 3 aromatic carbocycles. The Morgan fingerprint density at radius 3 is 1.81 bits per heavy atom. The molecule has 3 aromatic rings. The van der Waals surface area contributed by atoms with Crippen molar-refractivity contribution in [3.8, 4) is 11.5 Å². The fraction of sp³-hybridized carbons (Fsp3) is 0.240. The summed E-state index contributed by atoms with van der Waals surface area (Å²) in [5.41, 5.74) is 0.926. The van der Waals surface area contributed by atoms with E-state index in [1.165, 1.54) is 4.90 Å². The SMILES string of the molecule is CCNC(C)C(=O)N(Cc1ccccc1)CP(=O)(Oc1ccccc1)Oc1ccccc1. The fourth-order valence-electron chi connectivity index (χ4n) is 3.24. The maximum atomic E-state index is 14.0. The monoisotopic (exact) mass is 452 g/mol. The van der Waals surface area contributed by atoms with Crippen LogP contribution in [0.3, 0.4) is 0 Å². The Balaban J connectivity index is 1.91. The molecule has 1 amide bonds. The molecule has 6 nitrogen and oxygen atoms in total. The molecule has 0 spiro atoms. The Bertz CT molecular complexity index is 970. The van der Waals surface area contributed by atoms with Crippen molar-refractivity contribution in [2.45, 2.75) is 26.4 Å². The summed E-state index contributed by atoms with van der Waals surface area (Å²) in [6.45, 7) is 4.67. The first-order chi connectivity index (χ1) is 15.5. The second-order valence-corrected chi connectivity index (χ2v) is 9.23. The van der Waals surface area contributed by atoms with E-state index < -0.39 is 13.6 Å². The van der Waals surface area contributed by atoms with Gasteiger partial charge in [0.2, 0.25) is 5.91 Å². The average molecular weight is 452 g/mol. The van der Waals surface area contributed by atoms with Gasteiger partial charge >= 0.3 is 7.60 Å². The highest BCUT2D eigenvalue weighted by atomic mass is 31.2. The van der Waals surface area contributed by atoms with Crippen molar-refractivity contribution in [1.29, 1.82) is 0 Å². The van der Waals surface area contributed by atoms with Crippen LogP contribution >= 0.6 is 7.60 Å². The average Bonchev–Trinajstić information content (AvgIpc) is 2.80. The third-order valence-corrected chi connectivity index (χ3v) is 6.39. The lowest BCUT2D eigenvalue weighted by Crippen LogP contribution is -2.45. The van der Waals surface area contributed by atoms with E-state index in [-0.39, 0.29) is 18.7 Å². The lowest BCUT2D eigenvalue weighted by atomic mass is 10.2. The Hall–Kier alpha value is -3.08. The molecule has 32 heavy (non-hydrogen) atoms. The van der Waals surface area contributed by atoms with Crippen LogP contribution in [0, 0.1) is 0 Å². The summed E-state index contributed by atoms with van der Waals surface area (Å²) in [6.07, 6.45) is -0.194. The summed E-state index contributed by atoms with van der Waals surface area (Å²) < 4.78 is 25.7. The van der Waals surface area contributed by atoms with Crippen molar-refractivity contribution in [3.63, 3.8) is 0 Å². The van der Waals surface area contributed by atoms with E-state index in [9.17, 15) is 9.36 Å². The molecule has 0 radical (unpaired) electrons. The number of amides is 1. The molecule has 1 atom stereocenters. The Morgan fingerprint density at radius 2 is 1.34 bits per heavy atom. The van der Waals surface area contributed by atoms with Crippen LogP contribution in [0.1, 0.15) is 19.4 Å². The number of nitrogens with zero attached hydrogens (tertiary/aromatic N) is 1. The number of carbonyl (C=O) groups excluding carboxylic acids is 1. The number of benzene rings is 3. The molecule has 0 bridgehead atoms. The lowest BCUT2D eigenvalue weighted by molar-refractivity contribution is -0.132. The van der Waals surface area contributed by atoms with Crippen molar-refractivity contribution in [2.24, 2.45) is 0 Å². The van der Waals surface area contributed by atoms with Gasteiger partial charge in [-0.2, -0.15) is 0 Å². The normalized spacial score (nSPS) is 12.1. The van der Waals surface area contributed by atoms with Crippen LogP contribution in [0.5, 0.6) is 11.5 Å². The van der Waals surface area contributed by atoms with E-state index in [4.69, 9.17) is 9.05 Å². The molecule has 0 heterocycles. The van der Waals surface area contributed by atoms with Crippen LogP contribution in [-0.4, -0.2) is 29.7 Å². The number of likely N-dealkylation sites (N-methyl/N-ethyl adjacent to an activating group) is 1. The molecule has 1 unspecified atom stereocenters. The number of hydrogen-bond donors (Lipinski definition) is 1. The second-order valence-electron chi connectivity index (χ2n) is 7.36. The summed E-state index contributed by atoms with van der Waals surface area (Å²) in [5, 5.41) is 3.13. The highest BCUT2D eigenvalue weighted by Crippen LogP contribution is 2.49. The first kappa shape index (κ1) is 23.6. The first-order valence-corrected chi connectivity index (χ1v) is 12.4. The molecule has 0 aliphatic carbocycles. The maximum Gasteiger partial charge on any atom is 0.450 e. The maximum absolute atomic E-state index is 14.0. The summed E-state index contributed by atoms with van der Waals surface area (Å²) in [4.78, 5) is 14.8. The van der Waals surface area contributed by atoms with E-state index in [1.807, 2.05) is 49.4 Å². The standard InChI is InChI=1S/C25H29N2O4P/c1-3-26-21(2)25(28)27(19-22-13-7-4-8-14-22)20-32(29,30-23-15-9-5-10-16-23)31-24-17-11-6-12-18-24/h4-18,21,26H,3,19-20H2,1-2H3. The summed E-state index contributed by atoms with van der Waals surface area (Å²) in [5.74, 6) is 0.654. The predicted molar refractivity (Wildman–Crippen MR) is 127 cm³/mol. The van der Waals surface area contributed by atoms with Gasteiger partial charge in [-0.15, -0.1) is 0 Å². The number of para-hydroxylation sites is 2. The zero-order chi connectivity index (χ0) is 22.8. The highest BCUT2D eigenvalue weighted by molar-refractivity contribution is 7.54. The molecule has 0 saturated carbocycles. The molecule has 168 valence electrons. The van der Waals surface area contributed by atoms with Crippen molar-refractivity contribution in [3.05, 3.63) is 96.6 Å². The van der Waals surface area contributed by atoms with Gasteiger partial charge in [-0.05, 0) is 43.3 Å². The van der Waals surface area contributed by atoms with Crippen LogP contribution in [0.2, 0.25) is 0 Å². The summed E-state index contributed by atoms with van der Waals surface area (Å²) in [6, 6.07) is 26.9. The third kappa shape index (κ3) is 6.98. The van der Waals surface area contributed by atoms with Gasteiger partial charge in [-0.1, -0.05) is 73.7 Å². The molecule has 0 fully saturated rings. The first-order valence-electron chi connectivity index (χ1n) is 10.6. The van der Waals surface area contributed by atoms with Crippen molar-refractivity contribution in [1.82, 2.24) is 10.2 Å². The molecule has 0 saturated heterocycles. The minimum atomic E-state index is -3.79. The number of hydrogen-bond acceptors (Lipinski definition) is 5. The quantitative estimate of drug-likeness (QED) is 0.399. The second kappa shape index (κ2) is 11.5. The zero-order valence-electron chi connectivity index (χ0n) is 18.4. The summed E-state index contributed by atoms with van der Waals surface area (Å²) in [7, 11) is -3.79. The van der Waals surface area contributed by atoms with Crippen molar-refractivity contribution < 1.29 is 18.4 Å². The zero-order valence-corrected chi connectivity index (χ0v) is 19.3. The van der Waals surface area contributed by atoms with Gasteiger partial charge in [0.05, 0.1) is 6.04 Å².